The van der Waals surface area contributed by atoms with Crippen LogP contribution in [0.1, 0.15) is 27.8 Å². The number of amides is 1. The quantitative estimate of drug-likeness (QED) is 0.430. The summed E-state index contributed by atoms with van der Waals surface area (Å²) in [7, 11) is 1.73. The third kappa shape index (κ3) is 3.90. The van der Waals surface area contributed by atoms with Crippen LogP contribution in [0, 0.1) is 3.57 Å². The smallest absolute Gasteiger partial charge is 0.355 e. The SMILES string of the molecule is CCOC(=O)c1[nH]cc(C(=O)N(C)c2ccccc2I)c1-c1ccccc1. The Bertz CT molecular complexity index is 967. The summed E-state index contributed by atoms with van der Waals surface area (Å²) in [5, 5.41) is 0. The van der Waals surface area contributed by atoms with Gasteiger partial charge in [-0.3, -0.25) is 4.79 Å². The maximum Gasteiger partial charge on any atom is 0.355 e. The van der Waals surface area contributed by atoms with Crippen LogP contribution in [0.25, 0.3) is 11.1 Å². The van der Waals surface area contributed by atoms with Gasteiger partial charge in [0.2, 0.25) is 0 Å². The first-order valence-electron chi connectivity index (χ1n) is 8.51. The maximum atomic E-state index is 13.2. The van der Waals surface area contributed by atoms with E-state index in [9.17, 15) is 9.59 Å². The summed E-state index contributed by atoms with van der Waals surface area (Å²) in [5.74, 6) is -0.683. The van der Waals surface area contributed by atoms with Crippen LogP contribution in [0.2, 0.25) is 0 Å². The van der Waals surface area contributed by atoms with Crippen molar-refractivity contribution in [2.45, 2.75) is 6.92 Å². The Morgan fingerprint density at radius 2 is 1.74 bits per heavy atom. The number of para-hydroxylation sites is 1. The molecule has 138 valence electrons. The van der Waals surface area contributed by atoms with Gasteiger partial charge in [0.1, 0.15) is 5.69 Å². The molecule has 5 nitrogen and oxygen atoms in total. The van der Waals surface area contributed by atoms with Gasteiger partial charge in [0.25, 0.3) is 5.91 Å². The zero-order valence-electron chi connectivity index (χ0n) is 15.0. The predicted octanol–water partition coefficient (Wildman–Crippen LogP) is 4.74. The first-order valence-corrected chi connectivity index (χ1v) is 9.59. The highest BCUT2D eigenvalue weighted by molar-refractivity contribution is 14.1. The number of esters is 1. The Labute approximate surface area is 171 Å². The maximum absolute atomic E-state index is 13.2. The van der Waals surface area contributed by atoms with Crippen LogP contribution >= 0.6 is 22.6 Å². The van der Waals surface area contributed by atoms with Crippen LogP contribution in [0.3, 0.4) is 0 Å². The van der Waals surface area contributed by atoms with Crippen molar-refractivity contribution in [3.8, 4) is 11.1 Å². The van der Waals surface area contributed by atoms with Gasteiger partial charge in [-0.2, -0.15) is 0 Å². The van der Waals surface area contributed by atoms with Crippen molar-refractivity contribution in [1.29, 1.82) is 0 Å². The van der Waals surface area contributed by atoms with E-state index in [4.69, 9.17) is 4.74 Å². The minimum atomic E-state index is -0.479. The Balaban J connectivity index is 2.09. The first kappa shape index (κ1) is 19.2. The Morgan fingerprint density at radius 3 is 2.41 bits per heavy atom. The number of hydrogen-bond acceptors (Lipinski definition) is 3. The highest BCUT2D eigenvalue weighted by Crippen LogP contribution is 2.31. The van der Waals surface area contributed by atoms with Gasteiger partial charge in [0, 0.05) is 22.4 Å². The number of carbonyl (C=O) groups excluding carboxylic acids is 2. The summed E-state index contributed by atoms with van der Waals surface area (Å²) >= 11 is 2.20. The fourth-order valence-corrected chi connectivity index (χ4v) is 3.62. The van der Waals surface area contributed by atoms with E-state index in [0.717, 1.165) is 14.8 Å². The summed E-state index contributed by atoms with van der Waals surface area (Å²) in [5.41, 5.74) is 2.84. The lowest BCUT2D eigenvalue weighted by Gasteiger charge is -2.19. The van der Waals surface area contributed by atoms with Crippen molar-refractivity contribution >= 4 is 40.2 Å². The van der Waals surface area contributed by atoms with Gasteiger partial charge in [-0.25, -0.2) is 4.79 Å². The zero-order chi connectivity index (χ0) is 19.4. The van der Waals surface area contributed by atoms with Crippen molar-refractivity contribution < 1.29 is 14.3 Å². The van der Waals surface area contributed by atoms with Crippen molar-refractivity contribution in [3.05, 3.63) is 75.6 Å². The number of nitrogens with zero attached hydrogens (tertiary/aromatic N) is 1. The molecule has 0 spiro atoms. The molecule has 0 saturated carbocycles. The van der Waals surface area contributed by atoms with E-state index in [1.807, 2.05) is 54.6 Å². The van der Waals surface area contributed by atoms with Crippen LogP contribution in [0.15, 0.2) is 60.8 Å². The van der Waals surface area contributed by atoms with E-state index < -0.39 is 5.97 Å². The zero-order valence-corrected chi connectivity index (χ0v) is 17.2. The largest absolute Gasteiger partial charge is 0.461 e. The first-order chi connectivity index (χ1) is 13.0. The Kier molecular flexibility index (Phi) is 5.95. The molecule has 6 heteroatoms. The Hall–Kier alpha value is -2.61. The van der Waals surface area contributed by atoms with Crippen molar-refractivity contribution in [2.75, 3.05) is 18.6 Å². The van der Waals surface area contributed by atoms with Crippen LogP contribution < -0.4 is 4.90 Å². The number of anilines is 1. The molecule has 2 aromatic carbocycles. The van der Waals surface area contributed by atoms with E-state index in [-0.39, 0.29) is 18.2 Å². The van der Waals surface area contributed by atoms with Gasteiger partial charge in [-0.05, 0) is 47.2 Å². The standard InChI is InChI=1S/C21H19IN2O3/c1-3-27-21(26)19-18(14-9-5-4-6-10-14)15(13-23-19)20(25)24(2)17-12-8-7-11-16(17)22/h4-13,23H,3H2,1-2H3. The third-order valence-corrected chi connectivity index (χ3v) is 5.08. The van der Waals surface area contributed by atoms with E-state index >= 15 is 0 Å². The van der Waals surface area contributed by atoms with Gasteiger partial charge in [-0.1, -0.05) is 42.5 Å². The van der Waals surface area contributed by atoms with E-state index in [1.165, 1.54) is 0 Å². The molecule has 0 unspecified atom stereocenters. The monoisotopic (exact) mass is 474 g/mol. The second-order valence-corrected chi connectivity index (χ2v) is 7.02. The number of H-pyrrole nitrogens is 1. The Morgan fingerprint density at radius 1 is 1.07 bits per heavy atom. The summed E-state index contributed by atoms with van der Waals surface area (Å²) < 4.78 is 6.12. The topological polar surface area (TPSA) is 62.4 Å². The van der Waals surface area contributed by atoms with Crippen molar-refractivity contribution in [1.82, 2.24) is 4.98 Å². The predicted molar refractivity (Wildman–Crippen MR) is 114 cm³/mol. The fraction of sp³-hybridized carbons (Fsp3) is 0.143. The summed E-state index contributed by atoms with van der Waals surface area (Å²) in [6.45, 7) is 2.01. The lowest BCUT2D eigenvalue weighted by atomic mass is 10.0. The molecule has 0 bridgehead atoms. The van der Waals surface area contributed by atoms with Crippen LogP contribution in [0.4, 0.5) is 5.69 Å². The van der Waals surface area contributed by atoms with Gasteiger partial charge in [-0.15, -0.1) is 0 Å². The lowest BCUT2D eigenvalue weighted by molar-refractivity contribution is 0.0521. The number of aromatic amines is 1. The molecular weight excluding hydrogens is 455 g/mol. The molecule has 1 heterocycles. The number of ether oxygens (including phenoxy) is 1. The molecule has 3 rings (SSSR count). The number of nitrogens with one attached hydrogen (secondary N) is 1. The second kappa shape index (κ2) is 8.39. The molecular formula is C21H19IN2O3. The number of rotatable bonds is 5. The highest BCUT2D eigenvalue weighted by Gasteiger charge is 2.26. The van der Waals surface area contributed by atoms with Crippen LogP contribution in [0.5, 0.6) is 0 Å². The van der Waals surface area contributed by atoms with Gasteiger partial charge >= 0.3 is 5.97 Å². The molecule has 0 aliphatic carbocycles. The number of benzene rings is 2. The molecule has 3 aromatic rings. The molecule has 0 radical (unpaired) electrons. The molecule has 1 aromatic heterocycles. The average Bonchev–Trinajstić information content (AvgIpc) is 3.13. The highest BCUT2D eigenvalue weighted by atomic mass is 127. The molecule has 27 heavy (non-hydrogen) atoms. The minimum Gasteiger partial charge on any atom is -0.461 e. The number of aromatic nitrogens is 1. The average molecular weight is 474 g/mol. The van der Waals surface area contributed by atoms with Gasteiger partial charge in [0.15, 0.2) is 0 Å². The summed E-state index contributed by atoms with van der Waals surface area (Å²) in [4.78, 5) is 30.1. The summed E-state index contributed by atoms with van der Waals surface area (Å²) in [6, 6.07) is 17.0. The van der Waals surface area contributed by atoms with Crippen molar-refractivity contribution in [3.63, 3.8) is 0 Å². The molecule has 0 saturated heterocycles. The second-order valence-electron chi connectivity index (χ2n) is 5.85. The molecule has 1 amide bonds. The van der Waals surface area contributed by atoms with Gasteiger partial charge in [0.05, 0.1) is 17.9 Å². The number of halogens is 1. The number of hydrogen-bond donors (Lipinski definition) is 1. The van der Waals surface area contributed by atoms with E-state index in [1.54, 1.807) is 25.1 Å². The van der Waals surface area contributed by atoms with Crippen LogP contribution in [-0.2, 0) is 4.74 Å². The lowest BCUT2D eigenvalue weighted by Crippen LogP contribution is -2.27. The molecule has 0 aliphatic rings. The third-order valence-electron chi connectivity index (χ3n) is 4.17. The van der Waals surface area contributed by atoms with E-state index in [2.05, 4.69) is 27.6 Å². The van der Waals surface area contributed by atoms with Gasteiger partial charge < -0.3 is 14.6 Å². The fourth-order valence-electron chi connectivity index (χ4n) is 2.87. The van der Waals surface area contributed by atoms with E-state index in [0.29, 0.717) is 11.1 Å². The molecule has 0 aliphatic heterocycles. The van der Waals surface area contributed by atoms with Crippen molar-refractivity contribution in [2.24, 2.45) is 0 Å². The van der Waals surface area contributed by atoms with Crippen LogP contribution in [-0.4, -0.2) is 30.5 Å². The molecule has 0 fully saturated rings. The molecule has 0 atom stereocenters. The molecule has 1 N–H and O–H groups in total. The normalized spacial score (nSPS) is 10.5. The number of carbonyl (C=O) groups is 2. The minimum absolute atomic E-state index is 0.204. The summed E-state index contributed by atoms with van der Waals surface area (Å²) in [6.07, 6.45) is 1.57.